The Morgan fingerprint density at radius 3 is 3.05 bits per heavy atom. The molecule has 1 aromatic rings. The van der Waals surface area contributed by atoms with Gasteiger partial charge in [-0.15, -0.1) is 0 Å². The van der Waals surface area contributed by atoms with Gasteiger partial charge in [0.25, 0.3) is 5.91 Å². The summed E-state index contributed by atoms with van der Waals surface area (Å²) in [4.78, 5) is 21.3. The first-order valence-electron chi connectivity index (χ1n) is 7.89. The van der Waals surface area contributed by atoms with Crippen molar-refractivity contribution in [2.75, 3.05) is 44.8 Å². The van der Waals surface area contributed by atoms with Crippen molar-refractivity contribution in [3.63, 3.8) is 0 Å². The Hall–Kier alpha value is -1.27. The number of hydrogen-bond donors (Lipinski definition) is 0. The van der Waals surface area contributed by atoms with E-state index in [0.29, 0.717) is 17.5 Å². The molecule has 2 aliphatic heterocycles. The monoisotopic (exact) mass is 321 g/mol. The molecule has 6 heteroatoms. The zero-order valence-electron chi connectivity index (χ0n) is 13.0. The fraction of sp³-hybridized carbons (Fsp3) is 0.625. The summed E-state index contributed by atoms with van der Waals surface area (Å²) in [6.07, 6.45) is 3.97. The highest BCUT2D eigenvalue weighted by Crippen LogP contribution is 2.23. The van der Waals surface area contributed by atoms with Crippen LogP contribution in [0.5, 0.6) is 5.88 Å². The fourth-order valence-electron chi connectivity index (χ4n) is 3.15. The Bertz CT molecular complexity index is 520. The Balaban J connectivity index is 1.63. The second-order valence-corrected chi connectivity index (χ2v) is 6.94. The maximum Gasteiger partial charge on any atom is 0.254 e. The van der Waals surface area contributed by atoms with Crippen LogP contribution in [0, 0.1) is 0 Å². The van der Waals surface area contributed by atoms with Crippen LogP contribution in [0.1, 0.15) is 23.2 Å². The van der Waals surface area contributed by atoms with E-state index < -0.39 is 0 Å². The van der Waals surface area contributed by atoms with Gasteiger partial charge in [-0.3, -0.25) is 9.69 Å². The van der Waals surface area contributed by atoms with Crippen molar-refractivity contribution in [1.29, 1.82) is 0 Å². The van der Waals surface area contributed by atoms with Crippen LogP contribution in [0.25, 0.3) is 0 Å². The lowest BCUT2D eigenvalue weighted by molar-refractivity contribution is 0.0758. The van der Waals surface area contributed by atoms with Gasteiger partial charge in [0.15, 0.2) is 0 Å². The highest BCUT2D eigenvalue weighted by molar-refractivity contribution is 7.99. The summed E-state index contributed by atoms with van der Waals surface area (Å²) in [6, 6.07) is 4.20. The van der Waals surface area contributed by atoms with Crippen molar-refractivity contribution in [3.05, 3.63) is 23.9 Å². The molecular formula is C16H23N3O2S. The molecule has 2 fully saturated rings. The number of carbonyl (C=O) groups excluding carboxylic acids is 1. The second kappa shape index (κ2) is 7.33. The van der Waals surface area contributed by atoms with Crippen molar-refractivity contribution >= 4 is 17.7 Å². The van der Waals surface area contributed by atoms with Gasteiger partial charge >= 0.3 is 0 Å². The molecule has 1 atom stereocenters. The summed E-state index contributed by atoms with van der Waals surface area (Å²) < 4.78 is 5.11. The summed E-state index contributed by atoms with van der Waals surface area (Å²) >= 11 is 2.05. The second-order valence-electron chi connectivity index (χ2n) is 5.79. The molecule has 2 aliphatic rings. The van der Waals surface area contributed by atoms with Gasteiger partial charge in [-0.2, -0.15) is 11.8 Å². The number of carbonyl (C=O) groups is 1. The predicted molar refractivity (Wildman–Crippen MR) is 88.6 cm³/mol. The number of methoxy groups -OCH3 is 1. The maximum atomic E-state index is 12.7. The van der Waals surface area contributed by atoms with Crippen molar-refractivity contribution in [2.24, 2.45) is 0 Å². The zero-order valence-corrected chi connectivity index (χ0v) is 13.8. The van der Waals surface area contributed by atoms with Crippen LogP contribution in [0.15, 0.2) is 18.3 Å². The van der Waals surface area contributed by atoms with E-state index in [1.165, 1.54) is 17.9 Å². The van der Waals surface area contributed by atoms with Crippen LogP contribution in [0.4, 0.5) is 0 Å². The topological polar surface area (TPSA) is 45.7 Å². The standard InChI is InChI=1S/C16H23N3O2S/c1-21-15-11-13(3-5-17-15)16(20)19-7-2-6-18(8-9-19)14-4-10-22-12-14/h3,5,11,14H,2,4,6-10,12H2,1H3. The molecular weight excluding hydrogens is 298 g/mol. The van der Waals surface area contributed by atoms with E-state index in [1.807, 2.05) is 16.7 Å². The van der Waals surface area contributed by atoms with E-state index in [1.54, 1.807) is 25.4 Å². The molecule has 1 unspecified atom stereocenters. The van der Waals surface area contributed by atoms with E-state index >= 15 is 0 Å². The van der Waals surface area contributed by atoms with Gasteiger partial charge in [0.2, 0.25) is 5.88 Å². The van der Waals surface area contributed by atoms with Gasteiger partial charge in [0.1, 0.15) is 0 Å². The van der Waals surface area contributed by atoms with E-state index in [2.05, 4.69) is 9.88 Å². The molecule has 0 bridgehead atoms. The van der Waals surface area contributed by atoms with Gasteiger partial charge in [0.05, 0.1) is 7.11 Å². The quantitative estimate of drug-likeness (QED) is 0.849. The number of nitrogens with zero attached hydrogens (tertiary/aromatic N) is 3. The predicted octanol–water partition coefficient (Wildman–Crippen LogP) is 1.74. The Kier molecular flexibility index (Phi) is 5.20. The highest BCUT2D eigenvalue weighted by atomic mass is 32.2. The van der Waals surface area contributed by atoms with Crippen LogP contribution in [0.3, 0.4) is 0 Å². The van der Waals surface area contributed by atoms with Crippen molar-refractivity contribution in [2.45, 2.75) is 18.9 Å². The lowest BCUT2D eigenvalue weighted by atomic mass is 10.2. The minimum atomic E-state index is 0.0864. The number of aromatic nitrogens is 1. The minimum absolute atomic E-state index is 0.0864. The Labute approximate surface area is 136 Å². The SMILES string of the molecule is COc1cc(C(=O)N2CCCN(C3CCSC3)CC2)ccn1. The van der Waals surface area contributed by atoms with Crippen LogP contribution in [-0.4, -0.2) is 71.5 Å². The first kappa shape index (κ1) is 15.6. The number of hydrogen-bond acceptors (Lipinski definition) is 5. The first-order valence-corrected chi connectivity index (χ1v) is 9.04. The minimum Gasteiger partial charge on any atom is -0.481 e. The smallest absolute Gasteiger partial charge is 0.254 e. The highest BCUT2D eigenvalue weighted by Gasteiger charge is 2.26. The molecule has 0 N–H and O–H groups in total. The zero-order chi connectivity index (χ0) is 15.4. The van der Waals surface area contributed by atoms with Crippen molar-refractivity contribution < 1.29 is 9.53 Å². The lowest BCUT2D eigenvalue weighted by Gasteiger charge is -2.26. The lowest BCUT2D eigenvalue weighted by Crippen LogP contribution is -2.39. The molecule has 3 rings (SSSR count). The van der Waals surface area contributed by atoms with Gasteiger partial charge in [-0.25, -0.2) is 4.98 Å². The van der Waals surface area contributed by atoms with Crippen molar-refractivity contribution in [1.82, 2.24) is 14.8 Å². The Morgan fingerprint density at radius 2 is 2.27 bits per heavy atom. The molecule has 22 heavy (non-hydrogen) atoms. The van der Waals surface area contributed by atoms with Crippen LogP contribution in [-0.2, 0) is 0 Å². The van der Waals surface area contributed by atoms with E-state index in [-0.39, 0.29) is 5.91 Å². The molecule has 0 aliphatic carbocycles. The van der Waals surface area contributed by atoms with E-state index in [0.717, 1.165) is 32.6 Å². The molecule has 0 spiro atoms. The van der Waals surface area contributed by atoms with Crippen LogP contribution in [0.2, 0.25) is 0 Å². The third-order valence-corrected chi connectivity index (χ3v) is 5.58. The van der Waals surface area contributed by atoms with Gasteiger partial charge in [0, 0.05) is 55.8 Å². The molecule has 5 nitrogen and oxygen atoms in total. The number of rotatable bonds is 3. The average Bonchev–Trinajstić information content (AvgIpc) is 2.99. The molecule has 0 saturated carbocycles. The number of thioether (sulfide) groups is 1. The number of amides is 1. The van der Waals surface area contributed by atoms with E-state index in [9.17, 15) is 4.79 Å². The maximum absolute atomic E-state index is 12.7. The van der Waals surface area contributed by atoms with Crippen LogP contribution >= 0.6 is 11.8 Å². The molecule has 0 radical (unpaired) electrons. The summed E-state index contributed by atoms with van der Waals surface area (Å²) in [5.74, 6) is 3.10. The summed E-state index contributed by atoms with van der Waals surface area (Å²) in [5.41, 5.74) is 0.664. The fourth-order valence-corrected chi connectivity index (χ4v) is 4.41. The van der Waals surface area contributed by atoms with E-state index in [4.69, 9.17) is 4.74 Å². The summed E-state index contributed by atoms with van der Waals surface area (Å²) in [7, 11) is 1.57. The van der Waals surface area contributed by atoms with Gasteiger partial charge < -0.3 is 9.64 Å². The molecule has 120 valence electrons. The molecule has 2 saturated heterocycles. The number of ether oxygens (including phenoxy) is 1. The Morgan fingerprint density at radius 1 is 1.36 bits per heavy atom. The average molecular weight is 321 g/mol. The molecule has 0 aromatic carbocycles. The number of pyridine rings is 1. The normalized spacial score (nSPS) is 23.3. The van der Waals surface area contributed by atoms with Crippen molar-refractivity contribution in [3.8, 4) is 5.88 Å². The summed E-state index contributed by atoms with van der Waals surface area (Å²) in [5, 5.41) is 0. The summed E-state index contributed by atoms with van der Waals surface area (Å²) in [6.45, 7) is 3.73. The molecule has 1 amide bonds. The van der Waals surface area contributed by atoms with Gasteiger partial charge in [-0.05, 0) is 24.7 Å². The van der Waals surface area contributed by atoms with Gasteiger partial charge in [-0.1, -0.05) is 0 Å². The first-order chi connectivity index (χ1) is 10.8. The third kappa shape index (κ3) is 3.55. The third-order valence-electron chi connectivity index (χ3n) is 4.43. The molecule has 3 heterocycles. The van der Waals surface area contributed by atoms with Crippen LogP contribution < -0.4 is 4.74 Å². The molecule has 1 aromatic heterocycles. The largest absolute Gasteiger partial charge is 0.481 e.